The van der Waals surface area contributed by atoms with Crippen molar-refractivity contribution >= 4 is 10.9 Å². The number of alkyl halides is 4. The number of hydrogen-bond acceptors (Lipinski definition) is 2. The number of benzene rings is 1. The molecule has 0 aliphatic heterocycles. The third kappa shape index (κ3) is 3.16. The summed E-state index contributed by atoms with van der Waals surface area (Å²) in [7, 11) is 0. The summed E-state index contributed by atoms with van der Waals surface area (Å²) in [5.41, 5.74) is 0.407. The van der Waals surface area contributed by atoms with Gasteiger partial charge in [0, 0.05) is 17.6 Å². The predicted octanol–water partition coefficient (Wildman–Crippen LogP) is 2.52. The van der Waals surface area contributed by atoms with Gasteiger partial charge in [-0.05, 0) is 17.5 Å². The number of fused-ring (bicyclic) bond motifs is 1. The molecule has 0 aliphatic rings. The zero-order valence-electron chi connectivity index (χ0n) is 10.3. The van der Waals surface area contributed by atoms with E-state index in [1.807, 2.05) is 0 Å². The molecule has 108 valence electrons. The van der Waals surface area contributed by atoms with Gasteiger partial charge in [0.25, 0.3) is 5.56 Å². The zero-order valence-corrected chi connectivity index (χ0v) is 10.3. The highest BCUT2D eigenvalue weighted by molar-refractivity contribution is 5.78. The summed E-state index contributed by atoms with van der Waals surface area (Å²) < 4.78 is 49.3. The average molecular weight is 288 g/mol. The van der Waals surface area contributed by atoms with Crippen LogP contribution >= 0.6 is 0 Å². The minimum atomic E-state index is -4.11. The number of aromatic nitrogens is 1. The first kappa shape index (κ1) is 14.5. The van der Waals surface area contributed by atoms with Gasteiger partial charge in [-0.2, -0.15) is 8.78 Å². The van der Waals surface area contributed by atoms with Crippen LogP contribution in [-0.4, -0.2) is 23.9 Å². The molecule has 0 saturated carbocycles. The summed E-state index contributed by atoms with van der Waals surface area (Å²) in [5, 5.41) is 2.92. The number of halogens is 4. The summed E-state index contributed by atoms with van der Waals surface area (Å²) in [5.74, 6) is -4.11. The van der Waals surface area contributed by atoms with Gasteiger partial charge in [-0.1, -0.05) is 18.2 Å². The molecular weight excluding hydrogens is 276 g/mol. The highest BCUT2D eigenvalue weighted by Crippen LogP contribution is 2.21. The second-order valence-electron chi connectivity index (χ2n) is 4.38. The highest BCUT2D eigenvalue weighted by Gasteiger charge is 2.39. The van der Waals surface area contributed by atoms with E-state index in [9.17, 15) is 22.4 Å². The lowest BCUT2D eigenvalue weighted by Gasteiger charge is -2.15. The molecule has 7 heteroatoms. The first-order valence-corrected chi connectivity index (χ1v) is 5.88. The van der Waals surface area contributed by atoms with Gasteiger partial charge in [-0.25, -0.2) is 8.78 Å². The van der Waals surface area contributed by atoms with Crippen LogP contribution in [0, 0.1) is 0 Å². The Labute approximate surface area is 111 Å². The molecule has 0 amide bonds. The minimum absolute atomic E-state index is 0.206. The predicted molar refractivity (Wildman–Crippen MR) is 67.2 cm³/mol. The maximum absolute atomic E-state index is 12.7. The highest BCUT2D eigenvalue weighted by atomic mass is 19.3. The minimum Gasteiger partial charge on any atom is -0.322 e. The van der Waals surface area contributed by atoms with Crippen molar-refractivity contribution in [2.75, 3.05) is 6.54 Å². The van der Waals surface area contributed by atoms with E-state index in [4.69, 9.17) is 0 Å². The molecule has 1 aromatic heterocycles. The second-order valence-corrected chi connectivity index (χ2v) is 4.38. The Bertz CT molecular complexity index is 654. The molecule has 0 atom stereocenters. The van der Waals surface area contributed by atoms with Crippen LogP contribution in [0.2, 0.25) is 0 Å². The molecule has 0 aliphatic carbocycles. The lowest BCUT2D eigenvalue weighted by Crippen LogP contribution is -2.39. The maximum atomic E-state index is 12.7. The fraction of sp³-hybridized carbons (Fsp3) is 0.308. The molecule has 3 nitrogen and oxygen atoms in total. The van der Waals surface area contributed by atoms with Crippen molar-refractivity contribution in [1.82, 2.24) is 10.3 Å². The molecule has 1 aromatic carbocycles. The Morgan fingerprint density at radius 2 is 1.95 bits per heavy atom. The van der Waals surface area contributed by atoms with Crippen molar-refractivity contribution in [3.05, 3.63) is 46.2 Å². The van der Waals surface area contributed by atoms with Crippen LogP contribution < -0.4 is 10.9 Å². The molecule has 0 radical (unpaired) electrons. The quantitative estimate of drug-likeness (QED) is 0.830. The van der Waals surface area contributed by atoms with Crippen LogP contribution in [0.5, 0.6) is 0 Å². The number of pyridine rings is 1. The van der Waals surface area contributed by atoms with E-state index in [1.165, 1.54) is 0 Å². The van der Waals surface area contributed by atoms with Crippen molar-refractivity contribution in [1.29, 1.82) is 0 Å². The van der Waals surface area contributed by atoms with Crippen LogP contribution in [-0.2, 0) is 6.54 Å². The molecule has 2 N–H and O–H groups in total. The largest absolute Gasteiger partial charge is 0.322 e. The summed E-state index contributed by atoms with van der Waals surface area (Å²) >= 11 is 0. The normalized spacial score (nSPS) is 12.2. The number of rotatable bonds is 5. The average Bonchev–Trinajstić information content (AvgIpc) is 2.39. The van der Waals surface area contributed by atoms with E-state index >= 15 is 0 Å². The Morgan fingerprint density at radius 3 is 2.65 bits per heavy atom. The van der Waals surface area contributed by atoms with Crippen molar-refractivity contribution in [3.63, 3.8) is 0 Å². The van der Waals surface area contributed by atoms with Gasteiger partial charge in [0.15, 0.2) is 0 Å². The first-order valence-electron chi connectivity index (χ1n) is 5.88. The molecule has 0 fully saturated rings. The Morgan fingerprint density at radius 1 is 1.25 bits per heavy atom. The van der Waals surface area contributed by atoms with Crippen molar-refractivity contribution in [2.45, 2.75) is 18.9 Å². The first-order chi connectivity index (χ1) is 9.40. The molecule has 2 rings (SSSR count). The molecule has 20 heavy (non-hydrogen) atoms. The lowest BCUT2D eigenvalue weighted by atomic mass is 10.1. The molecule has 1 heterocycles. The maximum Gasteiger partial charge on any atom is 0.319 e. The van der Waals surface area contributed by atoms with Gasteiger partial charge in [0.05, 0.1) is 6.54 Å². The molecule has 0 unspecified atom stereocenters. The Balaban J connectivity index is 2.11. The third-order valence-corrected chi connectivity index (χ3v) is 2.83. The SMILES string of the molecule is O=c1[nH]c2ccccc2cc1CNCC(F)(F)C(F)F. The monoisotopic (exact) mass is 288 g/mol. The van der Waals surface area contributed by atoms with Gasteiger partial charge in [-0.15, -0.1) is 0 Å². The van der Waals surface area contributed by atoms with Gasteiger partial charge >= 0.3 is 12.3 Å². The van der Waals surface area contributed by atoms with Crippen molar-refractivity contribution in [2.24, 2.45) is 0 Å². The molecule has 0 bridgehead atoms. The van der Waals surface area contributed by atoms with Crippen LogP contribution in [0.3, 0.4) is 0 Å². The summed E-state index contributed by atoms with van der Waals surface area (Å²) in [6, 6.07) is 8.52. The van der Waals surface area contributed by atoms with Gasteiger partial charge < -0.3 is 10.3 Å². The van der Waals surface area contributed by atoms with Crippen LogP contribution in [0.1, 0.15) is 5.56 Å². The summed E-state index contributed by atoms with van der Waals surface area (Å²) in [4.78, 5) is 14.3. The lowest BCUT2D eigenvalue weighted by molar-refractivity contribution is -0.125. The number of para-hydroxylation sites is 1. The van der Waals surface area contributed by atoms with Crippen molar-refractivity contribution < 1.29 is 17.6 Å². The van der Waals surface area contributed by atoms with Crippen LogP contribution in [0.4, 0.5) is 17.6 Å². The smallest absolute Gasteiger partial charge is 0.319 e. The fourth-order valence-electron chi connectivity index (χ4n) is 1.76. The van der Waals surface area contributed by atoms with Gasteiger partial charge in [0.1, 0.15) is 0 Å². The van der Waals surface area contributed by atoms with E-state index < -0.39 is 24.5 Å². The summed E-state index contributed by atoms with van der Waals surface area (Å²) in [6.45, 7) is -1.39. The number of hydrogen-bond donors (Lipinski definition) is 2. The molecule has 0 spiro atoms. The fourth-order valence-corrected chi connectivity index (χ4v) is 1.76. The third-order valence-electron chi connectivity index (χ3n) is 2.83. The van der Waals surface area contributed by atoms with Crippen LogP contribution in [0.25, 0.3) is 10.9 Å². The standard InChI is InChI=1S/C13H12F4N2O/c14-12(15)13(16,17)7-18-6-9-5-8-3-1-2-4-10(8)19-11(9)20/h1-5,12,18H,6-7H2,(H,19,20). The topological polar surface area (TPSA) is 44.9 Å². The molecule has 0 saturated heterocycles. The number of nitrogens with one attached hydrogen (secondary N) is 2. The van der Waals surface area contributed by atoms with Crippen LogP contribution in [0.15, 0.2) is 35.1 Å². The van der Waals surface area contributed by atoms with E-state index in [0.717, 1.165) is 5.39 Å². The van der Waals surface area contributed by atoms with E-state index in [0.29, 0.717) is 5.52 Å². The summed E-state index contributed by atoms with van der Waals surface area (Å²) in [6.07, 6.45) is -3.73. The molecular formula is C13H12F4N2O. The number of aromatic amines is 1. The van der Waals surface area contributed by atoms with Gasteiger partial charge in [0.2, 0.25) is 0 Å². The van der Waals surface area contributed by atoms with E-state index in [-0.39, 0.29) is 12.1 Å². The molecule has 2 aromatic rings. The Hall–Kier alpha value is -1.89. The van der Waals surface area contributed by atoms with E-state index in [1.54, 1.807) is 30.3 Å². The zero-order chi connectivity index (χ0) is 14.8. The van der Waals surface area contributed by atoms with Crippen molar-refractivity contribution in [3.8, 4) is 0 Å². The number of H-pyrrole nitrogens is 1. The van der Waals surface area contributed by atoms with E-state index in [2.05, 4.69) is 10.3 Å². The second kappa shape index (κ2) is 5.62. The van der Waals surface area contributed by atoms with Gasteiger partial charge in [-0.3, -0.25) is 4.79 Å². The Kier molecular flexibility index (Phi) is 4.08.